The van der Waals surface area contributed by atoms with Gasteiger partial charge in [-0.2, -0.15) is 13.2 Å². The van der Waals surface area contributed by atoms with E-state index in [2.05, 4.69) is 4.98 Å². The lowest BCUT2D eigenvalue weighted by Crippen LogP contribution is -2.28. The van der Waals surface area contributed by atoms with Gasteiger partial charge in [-0.25, -0.2) is 4.98 Å². The summed E-state index contributed by atoms with van der Waals surface area (Å²) in [4.78, 5) is 19.2. The minimum atomic E-state index is -4.44. The Labute approximate surface area is 156 Å². The molecule has 0 aliphatic carbocycles. The zero-order valence-corrected chi connectivity index (χ0v) is 15.4. The van der Waals surface area contributed by atoms with Gasteiger partial charge in [0.1, 0.15) is 5.01 Å². The van der Waals surface area contributed by atoms with Crippen molar-refractivity contribution in [3.8, 4) is 9.88 Å². The van der Waals surface area contributed by atoms with Gasteiger partial charge in [0.2, 0.25) is 5.91 Å². The van der Waals surface area contributed by atoms with Crippen molar-refractivity contribution in [2.24, 2.45) is 0 Å². The van der Waals surface area contributed by atoms with Crippen LogP contribution in [0.4, 0.5) is 13.2 Å². The Balaban J connectivity index is 1.68. The molecule has 0 fully saturated rings. The fraction of sp³-hybridized carbons (Fsp3) is 0.222. The third kappa shape index (κ3) is 4.31. The van der Waals surface area contributed by atoms with Crippen molar-refractivity contribution in [2.75, 3.05) is 7.05 Å². The fourth-order valence-corrected chi connectivity index (χ4v) is 4.10. The van der Waals surface area contributed by atoms with Crippen LogP contribution in [-0.4, -0.2) is 22.8 Å². The Morgan fingerprint density at radius 2 is 1.92 bits per heavy atom. The lowest BCUT2D eigenvalue weighted by molar-refractivity contribution is -0.139. The Hall–Kier alpha value is -2.19. The second-order valence-electron chi connectivity index (χ2n) is 5.70. The van der Waals surface area contributed by atoms with Gasteiger partial charge in [-0.15, -0.1) is 22.7 Å². The molecule has 0 aliphatic heterocycles. The molecule has 1 amide bonds. The van der Waals surface area contributed by atoms with E-state index < -0.39 is 11.7 Å². The molecular weight excluding hydrogens is 381 g/mol. The highest BCUT2D eigenvalue weighted by atomic mass is 32.1. The molecule has 0 atom stereocenters. The van der Waals surface area contributed by atoms with Gasteiger partial charge in [0, 0.05) is 19.0 Å². The molecule has 2 heterocycles. The largest absolute Gasteiger partial charge is 0.416 e. The van der Waals surface area contributed by atoms with E-state index in [0.29, 0.717) is 5.69 Å². The summed E-state index contributed by atoms with van der Waals surface area (Å²) < 4.78 is 39.2. The highest BCUT2D eigenvalue weighted by molar-refractivity contribution is 7.20. The summed E-state index contributed by atoms with van der Waals surface area (Å²) in [6.07, 6.45) is -4.38. The van der Waals surface area contributed by atoms with Crippen LogP contribution in [0.5, 0.6) is 0 Å². The van der Waals surface area contributed by atoms with E-state index in [9.17, 15) is 18.0 Å². The van der Waals surface area contributed by atoms with E-state index in [1.807, 2.05) is 22.9 Å². The summed E-state index contributed by atoms with van der Waals surface area (Å²) >= 11 is 3.02. The highest BCUT2D eigenvalue weighted by Crippen LogP contribution is 2.32. The van der Waals surface area contributed by atoms with E-state index in [1.54, 1.807) is 11.3 Å². The first kappa shape index (κ1) is 18.6. The first-order valence-corrected chi connectivity index (χ1v) is 9.48. The molecule has 2 aromatic heterocycles. The van der Waals surface area contributed by atoms with Gasteiger partial charge < -0.3 is 4.90 Å². The first-order valence-electron chi connectivity index (χ1n) is 7.72. The van der Waals surface area contributed by atoms with Crippen molar-refractivity contribution in [1.29, 1.82) is 0 Å². The molecule has 0 spiro atoms. The number of alkyl halides is 3. The number of hydrogen-bond donors (Lipinski definition) is 0. The van der Waals surface area contributed by atoms with Crippen LogP contribution in [0.2, 0.25) is 0 Å². The number of likely N-dealkylation sites (N-methyl/N-ethyl adjacent to an activating group) is 1. The van der Waals surface area contributed by atoms with Crippen molar-refractivity contribution >= 4 is 28.6 Å². The van der Waals surface area contributed by atoms with Crippen LogP contribution in [0.3, 0.4) is 0 Å². The predicted molar refractivity (Wildman–Crippen MR) is 97.0 cm³/mol. The average Bonchev–Trinajstić information content (AvgIpc) is 3.25. The summed E-state index contributed by atoms with van der Waals surface area (Å²) in [5.74, 6) is -0.273. The Morgan fingerprint density at radius 1 is 1.15 bits per heavy atom. The normalized spacial score (nSPS) is 11.5. The van der Waals surface area contributed by atoms with Crippen molar-refractivity contribution in [2.45, 2.75) is 19.1 Å². The minimum Gasteiger partial charge on any atom is -0.341 e. The Kier molecular flexibility index (Phi) is 5.43. The number of carbonyl (C=O) groups excluding carboxylic acids is 1. The molecule has 0 saturated heterocycles. The minimum absolute atomic E-state index is 0.0621. The van der Waals surface area contributed by atoms with Crippen LogP contribution in [0, 0.1) is 0 Å². The van der Waals surface area contributed by atoms with Crippen LogP contribution in [-0.2, 0) is 23.9 Å². The summed E-state index contributed by atoms with van der Waals surface area (Å²) in [5.41, 5.74) is -0.0129. The first-order chi connectivity index (χ1) is 12.3. The zero-order valence-electron chi connectivity index (χ0n) is 13.8. The molecule has 0 saturated carbocycles. The third-order valence-electron chi connectivity index (χ3n) is 3.77. The van der Waals surface area contributed by atoms with Crippen LogP contribution < -0.4 is 0 Å². The number of rotatable bonds is 5. The van der Waals surface area contributed by atoms with E-state index in [4.69, 9.17) is 0 Å². The zero-order chi connectivity index (χ0) is 18.7. The van der Waals surface area contributed by atoms with Gasteiger partial charge in [0.05, 0.1) is 22.6 Å². The Bertz CT molecular complexity index is 888. The van der Waals surface area contributed by atoms with Gasteiger partial charge in [-0.05, 0) is 23.1 Å². The van der Waals surface area contributed by atoms with E-state index in [-0.39, 0.29) is 24.4 Å². The van der Waals surface area contributed by atoms with Crippen molar-refractivity contribution in [3.63, 3.8) is 0 Å². The maximum absolute atomic E-state index is 13.1. The molecule has 0 radical (unpaired) electrons. The van der Waals surface area contributed by atoms with E-state index in [0.717, 1.165) is 16.0 Å². The lowest BCUT2D eigenvalue weighted by atomic mass is 10.1. The molecule has 0 unspecified atom stereocenters. The summed E-state index contributed by atoms with van der Waals surface area (Å²) in [7, 11) is 1.50. The smallest absolute Gasteiger partial charge is 0.341 e. The van der Waals surface area contributed by atoms with Gasteiger partial charge >= 0.3 is 6.18 Å². The van der Waals surface area contributed by atoms with Crippen LogP contribution in [0.1, 0.15) is 16.8 Å². The summed E-state index contributed by atoms with van der Waals surface area (Å²) in [6, 6.07) is 9.19. The fourth-order valence-electron chi connectivity index (χ4n) is 2.47. The molecule has 3 rings (SSSR count). The number of halogens is 3. The van der Waals surface area contributed by atoms with Crippen LogP contribution in [0.15, 0.2) is 47.2 Å². The number of nitrogens with zero attached hydrogens (tertiary/aromatic N) is 2. The third-order valence-corrected chi connectivity index (χ3v) is 5.70. The van der Waals surface area contributed by atoms with Crippen molar-refractivity contribution in [3.05, 3.63) is 64.0 Å². The molecular formula is C18H15F3N2OS2. The molecule has 0 N–H and O–H groups in total. The van der Waals surface area contributed by atoms with E-state index >= 15 is 0 Å². The maximum atomic E-state index is 13.1. The van der Waals surface area contributed by atoms with Gasteiger partial charge in [0.15, 0.2) is 0 Å². The average molecular weight is 396 g/mol. The van der Waals surface area contributed by atoms with Gasteiger partial charge in [-0.3, -0.25) is 4.79 Å². The highest BCUT2D eigenvalue weighted by Gasteiger charge is 2.33. The molecule has 0 aliphatic rings. The van der Waals surface area contributed by atoms with Crippen molar-refractivity contribution in [1.82, 2.24) is 9.88 Å². The molecule has 8 heteroatoms. The Morgan fingerprint density at radius 3 is 2.62 bits per heavy atom. The summed E-state index contributed by atoms with van der Waals surface area (Å²) in [5, 5.41) is 4.60. The number of amides is 1. The lowest BCUT2D eigenvalue weighted by Gasteiger charge is -2.20. The monoisotopic (exact) mass is 396 g/mol. The number of aromatic nitrogens is 1. The number of benzene rings is 1. The van der Waals surface area contributed by atoms with Gasteiger partial charge in [-0.1, -0.05) is 24.3 Å². The predicted octanol–water partition coefficient (Wildman–Crippen LogP) is 5.09. The molecule has 3 aromatic rings. The topological polar surface area (TPSA) is 33.2 Å². The number of thiophene rings is 1. The number of hydrogen-bond acceptors (Lipinski definition) is 4. The standard InChI is InChI=1S/C18H15F3N2OS2/c1-23(10-12-5-2-3-6-14(12)18(19,20)21)16(24)9-13-11-26-17(22-13)15-7-4-8-25-15/h2-8,11H,9-10H2,1H3. The SMILES string of the molecule is CN(Cc1ccccc1C(F)(F)F)C(=O)Cc1csc(-c2cccs2)n1. The maximum Gasteiger partial charge on any atom is 0.416 e. The van der Waals surface area contributed by atoms with Crippen molar-refractivity contribution < 1.29 is 18.0 Å². The molecule has 3 nitrogen and oxygen atoms in total. The van der Waals surface area contributed by atoms with Gasteiger partial charge in [0.25, 0.3) is 0 Å². The molecule has 0 bridgehead atoms. The quantitative estimate of drug-likeness (QED) is 0.602. The van der Waals surface area contributed by atoms with E-state index in [1.165, 1.54) is 41.5 Å². The second kappa shape index (κ2) is 7.59. The molecule has 26 heavy (non-hydrogen) atoms. The summed E-state index contributed by atoms with van der Waals surface area (Å²) in [6.45, 7) is -0.101. The van der Waals surface area contributed by atoms with Crippen LogP contribution in [0.25, 0.3) is 9.88 Å². The number of carbonyl (C=O) groups is 1. The molecule has 136 valence electrons. The second-order valence-corrected chi connectivity index (χ2v) is 7.51. The van der Waals surface area contributed by atoms with Crippen LogP contribution >= 0.6 is 22.7 Å². The number of thiazole rings is 1. The molecule has 1 aromatic carbocycles.